The lowest BCUT2D eigenvalue weighted by Crippen LogP contribution is -2.03. The molecule has 0 heterocycles. The van der Waals surface area contributed by atoms with E-state index in [1.54, 1.807) is 0 Å². The van der Waals surface area contributed by atoms with Gasteiger partial charge in [0.05, 0.1) is 0 Å². The second-order valence-electron chi connectivity index (χ2n) is 4.25. The zero-order valence-electron chi connectivity index (χ0n) is 8.80. The summed E-state index contributed by atoms with van der Waals surface area (Å²) in [4.78, 5) is 0. The summed E-state index contributed by atoms with van der Waals surface area (Å²) >= 11 is 2.32. The van der Waals surface area contributed by atoms with Gasteiger partial charge in [0, 0.05) is 21.5 Å². The lowest BCUT2D eigenvalue weighted by Gasteiger charge is -2.08. The molecule has 0 aromatic heterocycles. The minimum atomic E-state index is 0.836. The molecule has 82 valence electrons. The maximum atomic E-state index is 5.70. The quantitative estimate of drug-likeness (QED) is 0.496. The number of anilines is 2. The van der Waals surface area contributed by atoms with Crippen molar-refractivity contribution in [3.8, 4) is 0 Å². The van der Waals surface area contributed by atoms with Crippen LogP contribution in [0.3, 0.4) is 0 Å². The van der Waals surface area contributed by atoms with Gasteiger partial charge < -0.3 is 11.1 Å². The maximum absolute atomic E-state index is 5.70. The molecule has 0 unspecified atom stereocenters. The van der Waals surface area contributed by atoms with Gasteiger partial charge in [0.25, 0.3) is 0 Å². The zero-order chi connectivity index (χ0) is 10.7. The number of hydrogen-bond donors (Lipinski definition) is 2. The number of nitrogen functional groups attached to an aromatic ring is 1. The summed E-state index contributed by atoms with van der Waals surface area (Å²) in [6.45, 7) is 1.08. The molecule has 0 aliphatic heterocycles. The van der Waals surface area contributed by atoms with E-state index in [0.29, 0.717) is 0 Å². The van der Waals surface area contributed by atoms with Crippen molar-refractivity contribution in [2.24, 2.45) is 5.92 Å². The smallest absolute Gasteiger partial charge is 0.0477 e. The molecule has 2 rings (SSSR count). The first-order valence-corrected chi connectivity index (χ1v) is 6.62. The molecule has 0 amide bonds. The molecule has 0 spiro atoms. The maximum Gasteiger partial charge on any atom is 0.0477 e. The number of hydrogen-bond acceptors (Lipinski definition) is 2. The Morgan fingerprint density at radius 1 is 1.40 bits per heavy atom. The van der Waals surface area contributed by atoms with Crippen LogP contribution in [-0.4, -0.2) is 6.54 Å². The highest BCUT2D eigenvalue weighted by Crippen LogP contribution is 2.33. The number of nitrogens with two attached hydrogens (primary N) is 1. The second kappa shape index (κ2) is 5.05. The summed E-state index contributed by atoms with van der Waals surface area (Å²) in [5.41, 5.74) is 7.74. The average Bonchev–Trinajstić information content (AvgIpc) is 2.99. The van der Waals surface area contributed by atoms with Crippen molar-refractivity contribution in [2.45, 2.75) is 25.7 Å². The molecule has 2 nitrogen and oxygen atoms in total. The molecule has 3 N–H and O–H groups in total. The van der Waals surface area contributed by atoms with Gasteiger partial charge in [0.2, 0.25) is 0 Å². The number of rotatable bonds is 5. The summed E-state index contributed by atoms with van der Waals surface area (Å²) in [5.74, 6) is 1.04. The third-order valence-electron chi connectivity index (χ3n) is 2.79. The van der Waals surface area contributed by atoms with Crippen molar-refractivity contribution < 1.29 is 0 Å². The molecular weight excluding hydrogens is 299 g/mol. The third kappa shape index (κ3) is 3.55. The topological polar surface area (TPSA) is 38.0 Å². The molecule has 1 aromatic carbocycles. The van der Waals surface area contributed by atoms with Gasteiger partial charge in [0.15, 0.2) is 0 Å². The van der Waals surface area contributed by atoms with E-state index >= 15 is 0 Å². The van der Waals surface area contributed by atoms with Crippen LogP contribution in [-0.2, 0) is 0 Å². The van der Waals surface area contributed by atoms with Crippen LogP contribution < -0.4 is 11.1 Å². The molecule has 1 aliphatic carbocycles. The lowest BCUT2D eigenvalue weighted by atomic mass is 10.2. The van der Waals surface area contributed by atoms with Crippen LogP contribution in [0.1, 0.15) is 25.7 Å². The van der Waals surface area contributed by atoms with E-state index in [1.807, 2.05) is 12.1 Å². The zero-order valence-corrected chi connectivity index (χ0v) is 11.0. The Morgan fingerprint density at radius 3 is 2.87 bits per heavy atom. The first-order valence-electron chi connectivity index (χ1n) is 5.54. The first-order chi connectivity index (χ1) is 7.25. The summed E-state index contributed by atoms with van der Waals surface area (Å²) in [7, 11) is 0. The van der Waals surface area contributed by atoms with Gasteiger partial charge in [-0.05, 0) is 59.5 Å². The van der Waals surface area contributed by atoms with E-state index in [-0.39, 0.29) is 0 Å². The first kappa shape index (κ1) is 11.0. The van der Waals surface area contributed by atoms with E-state index in [4.69, 9.17) is 5.73 Å². The van der Waals surface area contributed by atoms with Crippen LogP contribution in [0.2, 0.25) is 0 Å². The van der Waals surface area contributed by atoms with E-state index in [2.05, 4.69) is 34.0 Å². The largest absolute Gasteiger partial charge is 0.399 e. The molecule has 3 heteroatoms. The molecule has 0 saturated heterocycles. The highest BCUT2D eigenvalue weighted by molar-refractivity contribution is 14.1. The van der Waals surface area contributed by atoms with Crippen LogP contribution in [0.5, 0.6) is 0 Å². The summed E-state index contributed by atoms with van der Waals surface area (Å²) in [5, 5.41) is 3.46. The van der Waals surface area contributed by atoms with Crippen LogP contribution in [0, 0.1) is 9.49 Å². The molecule has 1 aliphatic rings. The van der Waals surface area contributed by atoms with Crippen molar-refractivity contribution in [1.29, 1.82) is 0 Å². The fourth-order valence-corrected chi connectivity index (χ4v) is 2.43. The number of benzene rings is 1. The van der Waals surface area contributed by atoms with Crippen molar-refractivity contribution in [1.82, 2.24) is 0 Å². The SMILES string of the molecule is Nc1ccc(NCCCC2CC2)c(I)c1. The van der Waals surface area contributed by atoms with Crippen LogP contribution in [0.4, 0.5) is 11.4 Å². The molecule has 1 fully saturated rings. The minimum absolute atomic E-state index is 0.836. The van der Waals surface area contributed by atoms with Crippen LogP contribution in [0.15, 0.2) is 18.2 Å². The third-order valence-corrected chi connectivity index (χ3v) is 3.69. The Bertz CT molecular complexity index is 334. The van der Waals surface area contributed by atoms with Crippen molar-refractivity contribution >= 4 is 34.0 Å². The molecule has 15 heavy (non-hydrogen) atoms. The van der Waals surface area contributed by atoms with Crippen molar-refractivity contribution in [3.63, 3.8) is 0 Å². The predicted octanol–water partition coefficient (Wildman–Crippen LogP) is 3.48. The van der Waals surface area contributed by atoms with Gasteiger partial charge in [0.1, 0.15) is 0 Å². The van der Waals surface area contributed by atoms with E-state index in [9.17, 15) is 0 Å². The molecule has 0 atom stereocenters. The van der Waals surface area contributed by atoms with E-state index < -0.39 is 0 Å². The normalized spacial score (nSPS) is 15.3. The Kier molecular flexibility index (Phi) is 3.72. The van der Waals surface area contributed by atoms with Gasteiger partial charge >= 0.3 is 0 Å². The summed E-state index contributed by atoms with van der Waals surface area (Å²) in [6.07, 6.45) is 5.59. The molecule has 0 bridgehead atoms. The molecule has 1 saturated carbocycles. The predicted molar refractivity (Wildman–Crippen MR) is 74.0 cm³/mol. The van der Waals surface area contributed by atoms with Crippen molar-refractivity contribution in [2.75, 3.05) is 17.6 Å². The summed E-state index contributed by atoms with van der Waals surface area (Å²) < 4.78 is 1.21. The Balaban J connectivity index is 1.76. The van der Waals surface area contributed by atoms with Crippen LogP contribution in [0.25, 0.3) is 0 Å². The van der Waals surface area contributed by atoms with Crippen LogP contribution >= 0.6 is 22.6 Å². The number of halogens is 1. The highest BCUT2D eigenvalue weighted by Gasteiger charge is 2.19. The fourth-order valence-electron chi connectivity index (χ4n) is 1.70. The minimum Gasteiger partial charge on any atom is -0.399 e. The molecular formula is C12H17IN2. The molecule has 1 aromatic rings. The fraction of sp³-hybridized carbons (Fsp3) is 0.500. The van der Waals surface area contributed by atoms with Crippen molar-refractivity contribution in [3.05, 3.63) is 21.8 Å². The Labute approximate surface area is 105 Å². The second-order valence-corrected chi connectivity index (χ2v) is 5.41. The van der Waals surface area contributed by atoms with E-state index in [0.717, 1.165) is 18.2 Å². The van der Waals surface area contributed by atoms with Gasteiger partial charge in [-0.25, -0.2) is 0 Å². The van der Waals surface area contributed by atoms with E-state index in [1.165, 1.54) is 34.9 Å². The Morgan fingerprint density at radius 2 is 2.20 bits per heavy atom. The summed E-state index contributed by atoms with van der Waals surface area (Å²) in [6, 6.07) is 6.02. The Hall–Kier alpha value is -0.450. The number of nitrogens with one attached hydrogen (secondary N) is 1. The van der Waals surface area contributed by atoms with Gasteiger partial charge in [-0.2, -0.15) is 0 Å². The van der Waals surface area contributed by atoms with Gasteiger partial charge in [-0.15, -0.1) is 0 Å². The highest BCUT2D eigenvalue weighted by atomic mass is 127. The lowest BCUT2D eigenvalue weighted by molar-refractivity contribution is 0.687. The van der Waals surface area contributed by atoms with Gasteiger partial charge in [-0.3, -0.25) is 0 Å². The van der Waals surface area contributed by atoms with Gasteiger partial charge in [-0.1, -0.05) is 12.8 Å². The molecule has 0 radical (unpaired) electrons. The monoisotopic (exact) mass is 316 g/mol. The average molecular weight is 316 g/mol. The standard InChI is InChI=1S/C12H17IN2/c13-11-8-10(14)5-6-12(11)15-7-1-2-9-3-4-9/h5-6,8-9,15H,1-4,7,14H2.